The lowest BCUT2D eigenvalue weighted by molar-refractivity contribution is -0.141. The van der Waals surface area contributed by atoms with E-state index in [0.717, 1.165) is 6.42 Å². The van der Waals surface area contributed by atoms with E-state index in [2.05, 4.69) is 6.92 Å². The maximum absolute atomic E-state index is 10.8. The largest absolute Gasteiger partial charge is 0.465 e. The number of ether oxygens (including phenoxy) is 1. The Hall–Kier alpha value is -0.530. The summed E-state index contributed by atoms with van der Waals surface area (Å²) in [5.74, 6) is 0.595. The molecule has 1 rings (SSSR count). The Labute approximate surface area is 55.2 Å². The second kappa shape index (κ2) is 2.38. The van der Waals surface area contributed by atoms with Gasteiger partial charge in [-0.15, -0.1) is 0 Å². The van der Waals surface area contributed by atoms with Gasteiger partial charge in [0, 0.05) is 5.92 Å². The lowest BCUT2D eigenvalue weighted by atomic mass is 9.95. The average molecular weight is 128 g/mol. The number of cyclic esters (lactones) is 1. The molecule has 0 aromatic rings. The second-order valence-corrected chi connectivity index (χ2v) is 2.62. The van der Waals surface area contributed by atoms with Crippen molar-refractivity contribution in [2.45, 2.75) is 20.3 Å². The molecule has 0 aromatic carbocycles. The van der Waals surface area contributed by atoms with Crippen molar-refractivity contribution in [2.24, 2.45) is 11.8 Å². The molecule has 0 aromatic heterocycles. The standard InChI is InChI=1S/C7H12O2/c1-3-6-5(2)4-9-7(6)8/h5-6H,3-4H2,1-2H3. The van der Waals surface area contributed by atoms with Gasteiger partial charge < -0.3 is 4.74 Å². The molecule has 1 heterocycles. The molecule has 0 amide bonds. The Kier molecular flexibility index (Phi) is 1.74. The van der Waals surface area contributed by atoms with Crippen LogP contribution < -0.4 is 0 Å². The van der Waals surface area contributed by atoms with Gasteiger partial charge in [0.15, 0.2) is 0 Å². The van der Waals surface area contributed by atoms with Crippen LogP contribution >= 0.6 is 0 Å². The molecule has 0 aliphatic carbocycles. The van der Waals surface area contributed by atoms with E-state index >= 15 is 0 Å². The van der Waals surface area contributed by atoms with Gasteiger partial charge in [-0.2, -0.15) is 0 Å². The van der Waals surface area contributed by atoms with Crippen LogP contribution in [0.1, 0.15) is 20.3 Å². The second-order valence-electron chi connectivity index (χ2n) is 2.62. The van der Waals surface area contributed by atoms with Gasteiger partial charge in [-0.05, 0) is 6.42 Å². The first-order valence-corrected chi connectivity index (χ1v) is 3.42. The highest BCUT2D eigenvalue weighted by Crippen LogP contribution is 2.23. The number of esters is 1. The molecular weight excluding hydrogens is 116 g/mol. The van der Waals surface area contributed by atoms with Crippen molar-refractivity contribution < 1.29 is 9.53 Å². The quantitative estimate of drug-likeness (QED) is 0.496. The highest BCUT2D eigenvalue weighted by atomic mass is 16.5. The van der Waals surface area contributed by atoms with Gasteiger partial charge in [-0.1, -0.05) is 13.8 Å². The van der Waals surface area contributed by atoms with E-state index in [4.69, 9.17) is 4.74 Å². The summed E-state index contributed by atoms with van der Waals surface area (Å²) in [6, 6.07) is 0. The number of carbonyl (C=O) groups excluding carboxylic acids is 1. The molecule has 0 spiro atoms. The normalized spacial score (nSPS) is 34.7. The van der Waals surface area contributed by atoms with E-state index in [0.29, 0.717) is 12.5 Å². The Morgan fingerprint density at radius 3 is 2.67 bits per heavy atom. The fourth-order valence-corrected chi connectivity index (χ4v) is 1.24. The molecule has 2 unspecified atom stereocenters. The smallest absolute Gasteiger partial charge is 0.309 e. The van der Waals surface area contributed by atoms with E-state index in [1.165, 1.54) is 0 Å². The first-order valence-electron chi connectivity index (χ1n) is 3.42. The van der Waals surface area contributed by atoms with Gasteiger partial charge in [0.05, 0.1) is 12.5 Å². The van der Waals surface area contributed by atoms with E-state index < -0.39 is 0 Å². The van der Waals surface area contributed by atoms with Gasteiger partial charge in [-0.3, -0.25) is 4.79 Å². The van der Waals surface area contributed by atoms with Crippen LogP contribution in [0.25, 0.3) is 0 Å². The summed E-state index contributed by atoms with van der Waals surface area (Å²) in [5.41, 5.74) is 0. The minimum atomic E-state index is -0.00926. The van der Waals surface area contributed by atoms with Crippen LogP contribution in [0.3, 0.4) is 0 Å². The molecule has 1 aliphatic rings. The molecule has 1 saturated heterocycles. The van der Waals surface area contributed by atoms with Gasteiger partial charge in [0.25, 0.3) is 0 Å². The van der Waals surface area contributed by atoms with Crippen molar-refractivity contribution in [1.82, 2.24) is 0 Å². The first-order chi connectivity index (χ1) is 4.25. The zero-order valence-electron chi connectivity index (χ0n) is 5.89. The van der Waals surface area contributed by atoms with Gasteiger partial charge in [0.2, 0.25) is 0 Å². The van der Waals surface area contributed by atoms with Crippen LogP contribution in [0.4, 0.5) is 0 Å². The first kappa shape index (κ1) is 6.59. The summed E-state index contributed by atoms with van der Waals surface area (Å²) in [4.78, 5) is 10.8. The molecular formula is C7H12O2. The summed E-state index contributed by atoms with van der Waals surface area (Å²) in [7, 11) is 0. The summed E-state index contributed by atoms with van der Waals surface area (Å²) in [6.07, 6.45) is 0.917. The van der Waals surface area contributed by atoms with Crippen LogP contribution in [-0.4, -0.2) is 12.6 Å². The predicted octanol–water partition coefficient (Wildman–Crippen LogP) is 1.21. The molecule has 2 nitrogen and oxygen atoms in total. The molecule has 0 saturated carbocycles. The third-order valence-corrected chi connectivity index (χ3v) is 1.92. The SMILES string of the molecule is CCC1C(=O)OCC1C. The lowest BCUT2D eigenvalue weighted by Gasteiger charge is -2.04. The number of rotatable bonds is 1. The summed E-state index contributed by atoms with van der Waals surface area (Å²) in [6.45, 7) is 4.70. The molecule has 2 atom stereocenters. The van der Waals surface area contributed by atoms with Crippen LogP contribution in [-0.2, 0) is 9.53 Å². The number of hydrogen-bond donors (Lipinski definition) is 0. The zero-order valence-corrected chi connectivity index (χ0v) is 5.89. The Balaban J connectivity index is 2.55. The topological polar surface area (TPSA) is 26.3 Å². The van der Waals surface area contributed by atoms with Gasteiger partial charge in [0.1, 0.15) is 0 Å². The van der Waals surface area contributed by atoms with Gasteiger partial charge >= 0.3 is 5.97 Å². The molecule has 1 aliphatic heterocycles. The van der Waals surface area contributed by atoms with Crippen molar-refractivity contribution in [3.63, 3.8) is 0 Å². The molecule has 0 bridgehead atoms. The summed E-state index contributed by atoms with van der Waals surface area (Å²) >= 11 is 0. The molecule has 9 heavy (non-hydrogen) atoms. The summed E-state index contributed by atoms with van der Waals surface area (Å²) in [5, 5.41) is 0. The van der Waals surface area contributed by atoms with E-state index in [1.54, 1.807) is 0 Å². The maximum Gasteiger partial charge on any atom is 0.309 e. The Bertz CT molecular complexity index is 120. The van der Waals surface area contributed by atoms with E-state index in [9.17, 15) is 4.79 Å². The van der Waals surface area contributed by atoms with E-state index in [1.807, 2.05) is 6.92 Å². The van der Waals surface area contributed by atoms with Crippen LogP contribution in [0, 0.1) is 11.8 Å². The Morgan fingerprint density at radius 2 is 2.44 bits per heavy atom. The van der Waals surface area contributed by atoms with Crippen molar-refractivity contribution in [1.29, 1.82) is 0 Å². The van der Waals surface area contributed by atoms with Crippen LogP contribution in [0.15, 0.2) is 0 Å². The fraction of sp³-hybridized carbons (Fsp3) is 0.857. The minimum Gasteiger partial charge on any atom is -0.465 e. The van der Waals surface area contributed by atoms with Crippen molar-refractivity contribution in [3.05, 3.63) is 0 Å². The third-order valence-electron chi connectivity index (χ3n) is 1.92. The monoisotopic (exact) mass is 128 g/mol. The highest BCUT2D eigenvalue weighted by Gasteiger charge is 2.31. The number of hydrogen-bond acceptors (Lipinski definition) is 2. The van der Waals surface area contributed by atoms with Crippen molar-refractivity contribution >= 4 is 5.97 Å². The van der Waals surface area contributed by atoms with Crippen LogP contribution in [0.5, 0.6) is 0 Å². The maximum atomic E-state index is 10.8. The minimum absolute atomic E-state index is 0.00926. The molecule has 0 radical (unpaired) electrons. The lowest BCUT2D eigenvalue weighted by Crippen LogP contribution is -2.11. The predicted molar refractivity (Wildman–Crippen MR) is 33.9 cm³/mol. The molecule has 2 heteroatoms. The zero-order chi connectivity index (χ0) is 6.85. The Morgan fingerprint density at radius 1 is 1.78 bits per heavy atom. The highest BCUT2D eigenvalue weighted by molar-refractivity contribution is 5.74. The molecule has 1 fully saturated rings. The van der Waals surface area contributed by atoms with E-state index in [-0.39, 0.29) is 11.9 Å². The van der Waals surface area contributed by atoms with Crippen LogP contribution in [0.2, 0.25) is 0 Å². The molecule has 0 N–H and O–H groups in total. The third kappa shape index (κ3) is 1.07. The number of carbonyl (C=O) groups is 1. The summed E-state index contributed by atoms with van der Waals surface area (Å²) < 4.78 is 4.83. The fourth-order valence-electron chi connectivity index (χ4n) is 1.24. The molecule has 52 valence electrons. The average Bonchev–Trinajstić information content (AvgIpc) is 2.12. The van der Waals surface area contributed by atoms with Crippen molar-refractivity contribution in [3.8, 4) is 0 Å². The van der Waals surface area contributed by atoms with Gasteiger partial charge in [-0.25, -0.2) is 0 Å². The van der Waals surface area contributed by atoms with Crippen molar-refractivity contribution in [2.75, 3.05) is 6.61 Å².